The third kappa shape index (κ3) is 4.08. The van der Waals surface area contributed by atoms with E-state index in [1.54, 1.807) is 0 Å². The van der Waals surface area contributed by atoms with Gasteiger partial charge in [0.05, 0.1) is 12.2 Å². The molecule has 0 saturated carbocycles. The molecule has 1 aliphatic rings. The number of para-hydroxylation sites is 1. The van der Waals surface area contributed by atoms with Gasteiger partial charge in [0.1, 0.15) is 12.4 Å². The van der Waals surface area contributed by atoms with Crippen LogP contribution in [0.1, 0.15) is 25.3 Å². The van der Waals surface area contributed by atoms with E-state index >= 15 is 0 Å². The number of ether oxygens (including phenoxy) is 2. The van der Waals surface area contributed by atoms with E-state index in [0.29, 0.717) is 12.7 Å². The third-order valence-corrected chi connectivity index (χ3v) is 3.32. The van der Waals surface area contributed by atoms with Gasteiger partial charge in [-0.25, -0.2) is 0 Å². The van der Waals surface area contributed by atoms with Crippen molar-refractivity contribution in [2.24, 2.45) is 0 Å². The zero-order valence-corrected chi connectivity index (χ0v) is 11.8. The van der Waals surface area contributed by atoms with Crippen LogP contribution in [0.4, 0.5) is 0 Å². The highest BCUT2D eigenvalue weighted by Crippen LogP contribution is 2.23. The van der Waals surface area contributed by atoms with Crippen molar-refractivity contribution in [3.05, 3.63) is 35.9 Å². The van der Waals surface area contributed by atoms with E-state index in [1.807, 2.05) is 38.2 Å². The molecule has 0 bridgehead atoms. The van der Waals surface area contributed by atoms with Gasteiger partial charge in [-0.3, -0.25) is 0 Å². The largest absolute Gasteiger partial charge is 0.490 e. The summed E-state index contributed by atoms with van der Waals surface area (Å²) in [4.78, 5) is 0. The van der Waals surface area contributed by atoms with Gasteiger partial charge in [-0.15, -0.1) is 0 Å². The van der Waals surface area contributed by atoms with E-state index in [2.05, 4.69) is 17.5 Å². The first-order valence-electron chi connectivity index (χ1n) is 6.98. The summed E-state index contributed by atoms with van der Waals surface area (Å²) in [6.45, 7) is 3.57. The highest BCUT2D eigenvalue weighted by Gasteiger charge is 2.25. The first-order valence-corrected chi connectivity index (χ1v) is 6.98. The lowest BCUT2D eigenvalue weighted by Gasteiger charge is -2.15. The van der Waals surface area contributed by atoms with Crippen molar-refractivity contribution in [3.8, 4) is 5.75 Å². The molecule has 0 aromatic heterocycles. The smallest absolute Gasteiger partial charge is 0.126 e. The molecule has 1 heterocycles. The summed E-state index contributed by atoms with van der Waals surface area (Å²) in [5.41, 5.74) is 1.12. The van der Waals surface area contributed by atoms with E-state index in [1.165, 1.54) is 0 Å². The lowest BCUT2D eigenvalue weighted by molar-refractivity contribution is 0.0193. The Labute approximate surface area is 115 Å². The summed E-state index contributed by atoms with van der Waals surface area (Å²) in [6, 6.07) is 8.10. The molecule has 3 nitrogen and oxygen atoms in total. The fraction of sp³-hybridized carbons (Fsp3) is 0.500. The van der Waals surface area contributed by atoms with E-state index < -0.39 is 0 Å². The summed E-state index contributed by atoms with van der Waals surface area (Å²) < 4.78 is 11.8. The quantitative estimate of drug-likeness (QED) is 0.854. The number of nitrogens with one attached hydrogen (secondary N) is 1. The molecule has 0 radical (unpaired) electrons. The zero-order chi connectivity index (χ0) is 13.5. The minimum atomic E-state index is 0.219. The monoisotopic (exact) mass is 261 g/mol. The topological polar surface area (TPSA) is 30.5 Å². The number of benzene rings is 1. The summed E-state index contributed by atoms with van der Waals surface area (Å²) in [6.07, 6.45) is 6.84. The number of rotatable bonds is 6. The normalized spacial score (nSPS) is 23.1. The highest BCUT2D eigenvalue weighted by atomic mass is 16.5. The van der Waals surface area contributed by atoms with Crippen LogP contribution in [0.25, 0.3) is 6.08 Å². The van der Waals surface area contributed by atoms with Crippen molar-refractivity contribution in [2.75, 3.05) is 20.2 Å². The minimum absolute atomic E-state index is 0.219. The van der Waals surface area contributed by atoms with Crippen LogP contribution in [0, 0.1) is 0 Å². The maximum Gasteiger partial charge on any atom is 0.126 e. The standard InChI is InChI=1S/C16H23NO2/c1-3-6-13-7-4-5-8-16(13)18-12-15-10-9-14(19-15)11-17-2/h3-8,14-15,17H,9-12H2,1-2H3. The van der Waals surface area contributed by atoms with Crippen molar-refractivity contribution in [1.29, 1.82) is 0 Å². The van der Waals surface area contributed by atoms with Gasteiger partial charge in [-0.2, -0.15) is 0 Å². The van der Waals surface area contributed by atoms with E-state index in [4.69, 9.17) is 9.47 Å². The molecule has 2 atom stereocenters. The molecular weight excluding hydrogens is 238 g/mol. The lowest BCUT2D eigenvalue weighted by atomic mass is 10.2. The number of allylic oxidation sites excluding steroid dienone is 1. The van der Waals surface area contributed by atoms with Crippen LogP contribution in [0.3, 0.4) is 0 Å². The van der Waals surface area contributed by atoms with Crippen molar-refractivity contribution in [3.63, 3.8) is 0 Å². The SMILES string of the molecule is CC=Cc1ccccc1OCC1CCC(CNC)O1. The van der Waals surface area contributed by atoms with Gasteiger partial charge in [0.25, 0.3) is 0 Å². The Bertz CT molecular complexity index is 417. The average molecular weight is 261 g/mol. The van der Waals surface area contributed by atoms with Crippen LogP contribution in [0.5, 0.6) is 5.75 Å². The highest BCUT2D eigenvalue weighted by molar-refractivity contribution is 5.56. The molecule has 1 aromatic carbocycles. The van der Waals surface area contributed by atoms with Crippen molar-refractivity contribution in [1.82, 2.24) is 5.32 Å². The Balaban J connectivity index is 1.86. The Hall–Kier alpha value is -1.32. The first-order chi connectivity index (χ1) is 9.33. The number of hydrogen-bond acceptors (Lipinski definition) is 3. The predicted molar refractivity (Wildman–Crippen MR) is 78.5 cm³/mol. The average Bonchev–Trinajstić information content (AvgIpc) is 2.86. The third-order valence-electron chi connectivity index (χ3n) is 3.32. The van der Waals surface area contributed by atoms with Crippen LogP contribution in [0.2, 0.25) is 0 Å². The molecule has 2 unspecified atom stereocenters. The molecule has 1 saturated heterocycles. The lowest BCUT2D eigenvalue weighted by Crippen LogP contribution is -2.25. The Morgan fingerprint density at radius 3 is 2.89 bits per heavy atom. The summed E-state index contributed by atoms with van der Waals surface area (Å²) >= 11 is 0. The Kier molecular flexibility index (Phi) is 5.43. The molecule has 19 heavy (non-hydrogen) atoms. The molecule has 1 N–H and O–H groups in total. The maximum atomic E-state index is 5.92. The molecule has 104 valence electrons. The second-order valence-electron chi connectivity index (χ2n) is 4.86. The minimum Gasteiger partial charge on any atom is -0.490 e. The van der Waals surface area contributed by atoms with Gasteiger partial charge in [-0.05, 0) is 32.9 Å². The molecule has 1 aliphatic heterocycles. The van der Waals surface area contributed by atoms with Crippen LogP contribution >= 0.6 is 0 Å². The number of hydrogen-bond donors (Lipinski definition) is 1. The molecule has 0 spiro atoms. The van der Waals surface area contributed by atoms with Crippen molar-refractivity contribution >= 4 is 6.08 Å². The fourth-order valence-corrected chi connectivity index (χ4v) is 2.39. The first kappa shape index (κ1) is 14.1. The van der Waals surface area contributed by atoms with Crippen LogP contribution in [-0.4, -0.2) is 32.4 Å². The second kappa shape index (κ2) is 7.31. The Morgan fingerprint density at radius 2 is 2.11 bits per heavy atom. The summed E-state index contributed by atoms with van der Waals surface area (Å²) in [5, 5.41) is 3.15. The zero-order valence-electron chi connectivity index (χ0n) is 11.8. The molecule has 3 heteroatoms. The van der Waals surface area contributed by atoms with Crippen LogP contribution in [0.15, 0.2) is 30.3 Å². The van der Waals surface area contributed by atoms with Gasteiger partial charge >= 0.3 is 0 Å². The van der Waals surface area contributed by atoms with Gasteiger partial charge < -0.3 is 14.8 Å². The van der Waals surface area contributed by atoms with Crippen molar-refractivity contribution < 1.29 is 9.47 Å². The molecule has 0 aliphatic carbocycles. The second-order valence-corrected chi connectivity index (χ2v) is 4.86. The molecule has 1 aromatic rings. The molecule has 2 rings (SSSR count). The molecule has 0 amide bonds. The summed E-state index contributed by atoms with van der Waals surface area (Å²) in [5.74, 6) is 0.932. The molecule has 1 fully saturated rings. The van der Waals surface area contributed by atoms with Crippen LogP contribution in [-0.2, 0) is 4.74 Å². The Morgan fingerprint density at radius 1 is 1.32 bits per heavy atom. The van der Waals surface area contributed by atoms with Crippen LogP contribution < -0.4 is 10.1 Å². The van der Waals surface area contributed by atoms with Gasteiger partial charge in [0.2, 0.25) is 0 Å². The maximum absolute atomic E-state index is 5.92. The van der Waals surface area contributed by atoms with Gasteiger partial charge in [0, 0.05) is 12.1 Å². The summed E-state index contributed by atoms with van der Waals surface area (Å²) in [7, 11) is 1.96. The fourth-order valence-electron chi connectivity index (χ4n) is 2.39. The van der Waals surface area contributed by atoms with E-state index in [0.717, 1.165) is 30.7 Å². The molecular formula is C16H23NO2. The van der Waals surface area contributed by atoms with E-state index in [9.17, 15) is 0 Å². The predicted octanol–water partition coefficient (Wildman–Crippen LogP) is 2.87. The number of likely N-dealkylation sites (N-methyl/N-ethyl adjacent to an activating group) is 1. The van der Waals surface area contributed by atoms with Gasteiger partial charge in [-0.1, -0.05) is 30.4 Å². The van der Waals surface area contributed by atoms with Crippen molar-refractivity contribution in [2.45, 2.75) is 32.0 Å². The van der Waals surface area contributed by atoms with E-state index in [-0.39, 0.29) is 6.10 Å². The van der Waals surface area contributed by atoms with Gasteiger partial charge in [0.15, 0.2) is 0 Å².